The smallest absolute Gasteiger partial charge is 0.169 e. The molecule has 0 aliphatic heterocycles. The Morgan fingerprint density at radius 2 is 2.07 bits per heavy atom. The maximum absolute atomic E-state index is 5.54. The molecule has 0 N–H and O–H groups in total. The Morgan fingerprint density at radius 3 is 2.53 bits per heavy atom. The van der Waals surface area contributed by atoms with Crippen molar-refractivity contribution in [3.8, 4) is 0 Å². The molecule has 0 fully saturated rings. The fourth-order valence-corrected chi connectivity index (χ4v) is 3.68. The van der Waals surface area contributed by atoms with Crippen molar-refractivity contribution in [1.29, 1.82) is 0 Å². The molecule has 2 aromatic heterocycles. The third-order valence-corrected chi connectivity index (χ3v) is 4.55. The number of halogens is 2. The van der Waals surface area contributed by atoms with Crippen LogP contribution in [-0.2, 0) is 0 Å². The fourth-order valence-electron chi connectivity index (χ4n) is 1.52. The van der Waals surface area contributed by atoms with Crippen molar-refractivity contribution in [1.82, 2.24) is 0 Å². The van der Waals surface area contributed by atoms with Crippen molar-refractivity contribution >= 4 is 43.2 Å². The van der Waals surface area contributed by atoms with Gasteiger partial charge in [-0.1, -0.05) is 15.9 Å². The van der Waals surface area contributed by atoms with E-state index in [0.29, 0.717) is 0 Å². The first-order chi connectivity index (χ1) is 7.08. The molecule has 15 heavy (non-hydrogen) atoms. The molecule has 0 radical (unpaired) electrons. The van der Waals surface area contributed by atoms with Gasteiger partial charge in [-0.15, -0.1) is 11.3 Å². The van der Waals surface area contributed by atoms with Gasteiger partial charge in [0, 0.05) is 9.75 Å². The zero-order valence-corrected chi connectivity index (χ0v) is 12.4. The summed E-state index contributed by atoms with van der Waals surface area (Å²) in [6.07, 6.45) is 0. The molecule has 0 bridgehead atoms. The summed E-state index contributed by atoms with van der Waals surface area (Å²) in [5, 5.41) is 0. The molecular formula is C11H10Br2OS. The van der Waals surface area contributed by atoms with Gasteiger partial charge in [0.25, 0.3) is 0 Å². The predicted octanol–water partition coefficient (Wildman–Crippen LogP) is 5.20. The molecule has 0 saturated carbocycles. The summed E-state index contributed by atoms with van der Waals surface area (Å²) < 4.78 is 6.31. The van der Waals surface area contributed by atoms with E-state index in [-0.39, 0.29) is 4.83 Å². The molecule has 2 heterocycles. The van der Waals surface area contributed by atoms with Crippen molar-refractivity contribution in [2.75, 3.05) is 0 Å². The fraction of sp³-hybridized carbons (Fsp3) is 0.273. The first-order valence-electron chi connectivity index (χ1n) is 4.54. The van der Waals surface area contributed by atoms with Gasteiger partial charge in [0.1, 0.15) is 5.76 Å². The number of furan rings is 1. The number of rotatable bonds is 2. The molecular weight excluding hydrogens is 340 g/mol. The minimum atomic E-state index is 0.147. The highest BCUT2D eigenvalue weighted by atomic mass is 79.9. The summed E-state index contributed by atoms with van der Waals surface area (Å²) >= 11 is 8.79. The van der Waals surface area contributed by atoms with Gasteiger partial charge >= 0.3 is 0 Å². The summed E-state index contributed by atoms with van der Waals surface area (Å²) in [6.45, 7) is 4.26. The van der Waals surface area contributed by atoms with Crippen LogP contribution >= 0.6 is 43.2 Å². The summed E-state index contributed by atoms with van der Waals surface area (Å²) in [5.41, 5.74) is 1.29. The van der Waals surface area contributed by atoms with Gasteiger partial charge in [-0.3, -0.25) is 0 Å². The van der Waals surface area contributed by atoms with E-state index in [0.717, 1.165) is 10.4 Å². The molecule has 1 nitrogen and oxygen atoms in total. The topological polar surface area (TPSA) is 13.1 Å². The van der Waals surface area contributed by atoms with Crippen LogP contribution in [0.2, 0.25) is 0 Å². The molecule has 0 aliphatic carbocycles. The zero-order chi connectivity index (χ0) is 11.0. The average molecular weight is 350 g/mol. The van der Waals surface area contributed by atoms with Crippen LogP contribution in [0, 0.1) is 13.8 Å². The molecule has 0 amide bonds. The van der Waals surface area contributed by atoms with Crippen molar-refractivity contribution in [3.05, 3.63) is 43.9 Å². The molecule has 4 heteroatoms. The third-order valence-electron chi connectivity index (χ3n) is 2.20. The molecule has 80 valence electrons. The van der Waals surface area contributed by atoms with E-state index < -0.39 is 0 Å². The van der Waals surface area contributed by atoms with E-state index >= 15 is 0 Å². The van der Waals surface area contributed by atoms with Crippen LogP contribution in [0.4, 0.5) is 0 Å². The lowest BCUT2D eigenvalue weighted by Gasteiger charge is -2.05. The molecule has 2 rings (SSSR count). The Kier molecular flexibility index (Phi) is 3.38. The zero-order valence-electron chi connectivity index (χ0n) is 8.38. The summed E-state index contributed by atoms with van der Waals surface area (Å²) in [4.78, 5) is 2.81. The monoisotopic (exact) mass is 348 g/mol. The van der Waals surface area contributed by atoms with Gasteiger partial charge in [-0.25, -0.2) is 0 Å². The van der Waals surface area contributed by atoms with Gasteiger partial charge in [-0.05, 0) is 53.5 Å². The van der Waals surface area contributed by atoms with E-state index in [2.05, 4.69) is 51.8 Å². The van der Waals surface area contributed by atoms with Gasteiger partial charge < -0.3 is 4.42 Å². The second-order valence-electron chi connectivity index (χ2n) is 3.37. The van der Waals surface area contributed by atoms with Crippen molar-refractivity contribution in [2.45, 2.75) is 18.7 Å². The highest BCUT2D eigenvalue weighted by Gasteiger charge is 2.17. The number of alkyl halides is 1. The molecule has 0 aromatic carbocycles. The molecule has 0 saturated heterocycles. The van der Waals surface area contributed by atoms with Crippen molar-refractivity contribution in [2.24, 2.45) is 0 Å². The molecule has 0 aliphatic rings. The quantitative estimate of drug-likeness (QED) is 0.678. The minimum Gasteiger partial charge on any atom is -0.453 e. The Labute approximate surface area is 110 Å². The minimum absolute atomic E-state index is 0.147. The predicted molar refractivity (Wildman–Crippen MR) is 71.0 cm³/mol. The SMILES string of the molecule is Cc1cc(C(Br)c2ccc(Br)o2)c(C)s1. The lowest BCUT2D eigenvalue weighted by Crippen LogP contribution is -1.89. The molecule has 2 aromatic rings. The Balaban J connectivity index is 2.35. The normalized spacial score (nSPS) is 13.1. The van der Waals surface area contributed by atoms with Crippen LogP contribution in [0.15, 0.2) is 27.3 Å². The number of aryl methyl sites for hydroxylation is 2. The lowest BCUT2D eigenvalue weighted by molar-refractivity contribution is 0.497. The second kappa shape index (κ2) is 4.44. The van der Waals surface area contributed by atoms with Gasteiger partial charge in [0.2, 0.25) is 0 Å². The van der Waals surface area contributed by atoms with E-state index in [1.807, 2.05) is 23.5 Å². The van der Waals surface area contributed by atoms with Crippen LogP contribution in [0.25, 0.3) is 0 Å². The van der Waals surface area contributed by atoms with Crippen LogP contribution < -0.4 is 0 Å². The summed E-state index contributed by atoms with van der Waals surface area (Å²) in [7, 11) is 0. The molecule has 1 unspecified atom stereocenters. The van der Waals surface area contributed by atoms with Crippen LogP contribution in [-0.4, -0.2) is 0 Å². The highest BCUT2D eigenvalue weighted by molar-refractivity contribution is 9.10. The van der Waals surface area contributed by atoms with Crippen LogP contribution in [0.5, 0.6) is 0 Å². The van der Waals surface area contributed by atoms with E-state index in [1.165, 1.54) is 15.3 Å². The van der Waals surface area contributed by atoms with E-state index in [1.54, 1.807) is 0 Å². The third kappa shape index (κ3) is 2.37. The first kappa shape index (κ1) is 11.4. The Hall–Kier alpha value is -0.0600. The van der Waals surface area contributed by atoms with E-state index in [9.17, 15) is 0 Å². The van der Waals surface area contributed by atoms with Gasteiger partial charge in [0.15, 0.2) is 4.67 Å². The number of hydrogen-bond acceptors (Lipinski definition) is 2. The summed E-state index contributed by atoms with van der Waals surface area (Å²) in [6, 6.07) is 6.10. The molecule has 1 atom stereocenters. The highest BCUT2D eigenvalue weighted by Crippen LogP contribution is 2.37. The average Bonchev–Trinajstić information content (AvgIpc) is 2.71. The van der Waals surface area contributed by atoms with E-state index in [4.69, 9.17) is 4.42 Å². The first-order valence-corrected chi connectivity index (χ1v) is 7.06. The lowest BCUT2D eigenvalue weighted by atomic mass is 10.1. The van der Waals surface area contributed by atoms with Crippen molar-refractivity contribution in [3.63, 3.8) is 0 Å². The maximum atomic E-state index is 5.54. The Bertz CT molecular complexity index is 473. The Morgan fingerprint density at radius 1 is 1.33 bits per heavy atom. The number of hydrogen-bond donors (Lipinski definition) is 0. The van der Waals surface area contributed by atoms with Crippen LogP contribution in [0.3, 0.4) is 0 Å². The van der Waals surface area contributed by atoms with Gasteiger partial charge in [-0.2, -0.15) is 0 Å². The maximum Gasteiger partial charge on any atom is 0.169 e. The standard InChI is InChI=1S/C11H10Br2OS/c1-6-5-8(7(2)15-6)11(13)9-3-4-10(12)14-9/h3-5,11H,1-2H3. The van der Waals surface area contributed by atoms with Crippen molar-refractivity contribution < 1.29 is 4.42 Å². The second-order valence-corrected chi connectivity index (χ2v) is 6.53. The largest absolute Gasteiger partial charge is 0.453 e. The molecule has 0 spiro atoms. The summed E-state index contributed by atoms with van der Waals surface area (Å²) in [5.74, 6) is 0.933. The van der Waals surface area contributed by atoms with Gasteiger partial charge in [0.05, 0.1) is 4.83 Å². The van der Waals surface area contributed by atoms with Crippen LogP contribution in [0.1, 0.15) is 25.9 Å². The number of thiophene rings is 1.